The van der Waals surface area contributed by atoms with Gasteiger partial charge in [-0.1, -0.05) is 11.6 Å². The van der Waals surface area contributed by atoms with Crippen LogP contribution in [0.2, 0.25) is 5.02 Å². The van der Waals surface area contributed by atoms with Crippen molar-refractivity contribution in [3.05, 3.63) is 47.5 Å². The first-order valence-corrected chi connectivity index (χ1v) is 9.65. The molecule has 1 saturated heterocycles. The molecule has 0 radical (unpaired) electrons. The molecule has 7 heteroatoms. The van der Waals surface area contributed by atoms with Crippen LogP contribution in [0.5, 0.6) is 11.5 Å². The number of benzene rings is 2. The van der Waals surface area contributed by atoms with Gasteiger partial charge < -0.3 is 25.0 Å². The zero-order valence-electron chi connectivity index (χ0n) is 15.5. The molecule has 2 aromatic rings. The van der Waals surface area contributed by atoms with Gasteiger partial charge in [0.1, 0.15) is 11.5 Å². The molecule has 2 N–H and O–H groups in total. The lowest BCUT2D eigenvalue weighted by Gasteiger charge is -2.19. The lowest BCUT2D eigenvalue weighted by Crippen LogP contribution is -2.34. The van der Waals surface area contributed by atoms with Gasteiger partial charge in [0.2, 0.25) is 0 Å². The van der Waals surface area contributed by atoms with Gasteiger partial charge in [-0.2, -0.15) is 0 Å². The van der Waals surface area contributed by atoms with Crippen molar-refractivity contribution in [2.75, 3.05) is 44.1 Å². The van der Waals surface area contributed by atoms with E-state index in [0.717, 1.165) is 37.5 Å². The lowest BCUT2D eigenvalue weighted by atomic mass is 10.1. The van der Waals surface area contributed by atoms with Crippen molar-refractivity contribution < 1.29 is 9.47 Å². The quantitative estimate of drug-likeness (QED) is 0.703. The first-order chi connectivity index (χ1) is 13.1. The van der Waals surface area contributed by atoms with E-state index in [-0.39, 0.29) is 0 Å². The number of methoxy groups -OCH3 is 2. The minimum atomic E-state index is 0.548. The third-order valence-corrected chi connectivity index (χ3v) is 5.23. The molecular formula is C20H24ClN3O2S. The number of thiocarbonyl (C=S) groups is 1. The zero-order chi connectivity index (χ0) is 19.2. The molecule has 2 aromatic carbocycles. The van der Waals surface area contributed by atoms with Crippen LogP contribution in [-0.4, -0.2) is 39.0 Å². The molecule has 1 atom stereocenters. The number of nitrogens with zero attached hydrogens (tertiary/aromatic N) is 1. The highest BCUT2D eigenvalue weighted by atomic mass is 35.5. The summed E-state index contributed by atoms with van der Waals surface area (Å²) in [6.45, 7) is 2.89. The Hall–Kier alpha value is -2.18. The summed E-state index contributed by atoms with van der Waals surface area (Å²) in [5, 5.41) is 7.63. The maximum atomic E-state index is 6.14. The van der Waals surface area contributed by atoms with Crippen LogP contribution in [0.25, 0.3) is 0 Å². The van der Waals surface area contributed by atoms with Gasteiger partial charge in [-0.3, -0.25) is 0 Å². The molecule has 0 amide bonds. The van der Waals surface area contributed by atoms with Crippen LogP contribution >= 0.6 is 23.8 Å². The Morgan fingerprint density at radius 3 is 2.63 bits per heavy atom. The van der Waals surface area contributed by atoms with Gasteiger partial charge in [-0.25, -0.2) is 0 Å². The van der Waals surface area contributed by atoms with E-state index in [0.29, 0.717) is 21.8 Å². The van der Waals surface area contributed by atoms with E-state index < -0.39 is 0 Å². The Labute approximate surface area is 170 Å². The summed E-state index contributed by atoms with van der Waals surface area (Å²) in [7, 11) is 3.28. The van der Waals surface area contributed by atoms with Gasteiger partial charge in [0.05, 0.1) is 19.2 Å². The Bertz CT molecular complexity index is 785. The van der Waals surface area contributed by atoms with Crippen LogP contribution in [0, 0.1) is 5.92 Å². The second-order valence-electron chi connectivity index (χ2n) is 6.48. The van der Waals surface area contributed by atoms with Gasteiger partial charge in [-0.15, -0.1) is 0 Å². The molecule has 0 aliphatic carbocycles. The molecule has 1 heterocycles. The van der Waals surface area contributed by atoms with Crippen molar-refractivity contribution in [1.82, 2.24) is 5.32 Å². The van der Waals surface area contributed by atoms with Crippen molar-refractivity contribution in [3.63, 3.8) is 0 Å². The summed E-state index contributed by atoms with van der Waals surface area (Å²) in [6.07, 6.45) is 1.13. The third-order valence-electron chi connectivity index (χ3n) is 4.68. The van der Waals surface area contributed by atoms with Crippen LogP contribution in [0.1, 0.15) is 6.42 Å². The molecule has 0 saturated carbocycles. The fraction of sp³-hybridized carbons (Fsp3) is 0.350. The number of nitrogens with one attached hydrogen (secondary N) is 2. The van der Waals surface area contributed by atoms with E-state index >= 15 is 0 Å². The molecular weight excluding hydrogens is 382 g/mol. The van der Waals surface area contributed by atoms with Gasteiger partial charge in [0.15, 0.2) is 5.11 Å². The van der Waals surface area contributed by atoms with Crippen LogP contribution in [-0.2, 0) is 0 Å². The van der Waals surface area contributed by atoms with E-state index in [1.807, 2.05) is 24.3 Å². The van der Waals surface area contributed by atoms with Gasteiger partial charge in [0, 0.05) is 31.0 Å². The number of hydrogen-bond donors (Lipinski definition) is 2. The highest BCUT2D eigenvalue weighted by molar-refractivity contribution is 7.80. The Balaban J connectivity index is 1.46. The van der Waals surface area contributed by atoms with Crippen LogP contribution < -0.4 is 25.0 Å². The zero-order valence-corrected chi connectivity index (χ0v) is 17.1. The minimum absolute atomic E-state index is 0.548. The van der Waals surface area contributed by atoms with Crippen LogP contribution in [0.15, 0.2) is 42.5 Å². The van der Waals surface area contributed by atoms with Crippen LogP contribution in [0.3, 0.4) is 0 Å². The van der Waals surface area contributed by atoms with Gasteiger partial charge >= 0.3 is 0 Å². The number of anilines is 2. The minimum Gasteiger partial charge on any atom is -0.497 e. The molecule has 0 unspecified atom stereocenters. The first-order valence-electron chi connectivity index (χ1n) is 8.86. The SMILES string of the molecule is COc1ccc(N2CC[C@H](CNC(=S)Nc3ccc(OC)c(Cl)c3)C2)cc1. The van der Waals surface area contributed by atoms with E-state index in [1.165, 1.54) is 5.69 Å². The Morgan fingerprint density at radius 2 is 1.96 bits per heavy atom. The van der Waals surface area contributed by atoms with E-state index in [9.17, 15) is 0 Å². The fourth-order valence-electron chi connectivity index (χ4n) is 3.18. The summed E-state index contributed by atoms with van der Waals surface area (Å²) in [6, 6.07) is 13.7. The van der Waals surface area contributed by atoms with E-state index in [2.05, 4.69) is 27.7 Å². The van der Waals surface area contributed by atoms with Crippen molar-refractivity contribution in [3.8, 4) is 11.5 Å². The Kier molecular flexibility index (Phi) is 6.63. The maximum Gasteiger partial charge on any atom is 0.170 e. The van der Waals surface area contributed by atoms with Crippen molar-refractivity contribution in [2.45, 2.75) is 6.42 Å². The Morgan fingerprint density at radius 1 is 1.19 bits per heavy atom. The summed E-state index contributed by atoms with van der Waals surface area (Å²) in [5.41, 5.74) is 2.07. The highest BCUT2D eigenvalue weighted by Crippen LogP contribution is 2.27. The standard InChI is InChI=1S/C20H24ClN3O2S/c1-25-17-6-4-16(5-7-17)24-10-9-14(13-24)12-22-20(27)23-15-3-8-19(26-2)18(21)11-15/h3-8,11,14H,9-10,12-13H2,1-2H3,(H2,22,23,27)/t14-/m1/s1. The topological polar surface area (TPSA) is 45.8 Å². The summed E-state index contributed by atoms with van der Waals surface area (Å²) in [4.78, 5) is 2.39. The second kappa shape index (κ2) is 9.15. The average Bonchev–Trinajstić information content (AvgIpc) is 3.16. The first kappa shape index (κ1) is 19.6. The van der Waals surface area contributed by atoms with Crippen molar-refractivity contribution in [2.24, 2.45) is 5.92 Å². The molecule has 5 nitrogen and oxygen atoms in total. The molecule has 144 valence electrons. The summed E-state index contributed by atoms with van der Waals surface area (Å²) >= 11 is 11.5. The monoisotopic (exact) mass is 405 g/mol. The highest BCUT2D eigenvalue weighted by Gasteiger charge is 2.22. The largest absolute Gasteiger partial charge is 0.497 e. The smallest absolute Gasteiger partial charge is 0.170 e. The van der Waals surface area contributed by atoms with Gasteiger partial charge in [-0.05, 0) is 67.0 Å². The maximum absolute atomic E-state index is 6.14. The van der Waals surface area contributed by atoms with Crippen molar-refractivity contribution in [1.29, 1.82) is 0 Å². The number of hydrogen-bond acceptors (Lipinski definition) is 4. The van der Waals surface area contributed by atoms with E-state index in [4.69, 9.17) is 33.3 Å². The summed E-state index contributed by atoms with van der Waals surface area (Å²) in [5.74, 6) is 2.07. The molecule has 27 heavy (non-hydrogen) atoms. The van der Waals surface area contributed by atoms with Gasteiger partial charge in [0.25, 0.3) is 0 Å². The average molecular weight is 406 g/mol. The van der Waals surface area contributed by atoms with Crippen LogP contribution in [0.4, 0.5) is 11.4 Å². The molecule has 1 fully saturated rings. The molecule has 0 bridgehead atoms. The summed E-state index contributed by atoms with van der Waals surface area (Å²) < 4.78 is 10.4. The number of rotatable bonds is 6. The fourth-order valence-corrected chi connectivity index (χ4v) is 3.64. The molecule has 1 aliphatic rings. The normalized spacial score (nSPS) is 16.1. The number of halogens is 1. The predicted octanol–water partition coefficient (Wildman–Crippen LogP) is 4.17. The third kappa shape index (κ3) is 5.17. The van der Waals surface area contributed by atoms with Crippen molar-refractivity contribution >= 4 is 40.3 Å². The molecule has 1 aliphatic heterocycles. The molecule has 0 spiro atoms. The van der Waals surface area contributed by atoms with E-state index in [1.54, 1.807) is 20.3 Å². The molecule has 3 rings (SSSR count). The number of ether oxygens (including phenoxy) is 2. The lowest BCUT2D eigenvalue weighted by molar-refractivity contribution is 0.415. The predicted molar refractivity (Wildman–Crippen MR) is 116 cm³/mol. The second-order valence-corrected chi connectivity index (χ2v) is 7.30. The molecule has 0 aromatic heterocycles.